The Bertz CT molecular complexity index is 357. The molecule has 0 aliphatic heterocycles. The fourth-order valence-electron chi connectivity index (χ4n) is 1.23. The van der Waals surface area contributed by atoms with Crippen LogP contribution in [0.3, 0.4) is 0 Å². The Morgan fingerprint density at radius 1 is 1.79 bits per heavy atom. The van der Waals surface area contributed by atoms with Crippen LogP contribution in [-0.4, -0.2) is 22.2 Å². The Hall–Kier alpha value is -1.03. The minimum atomic E-state index is -0.130. The molecule has 0 saturated heterocycles. The molecule has 0 spiro atoms. The van der Waals surface area contributed by atoms with Crippen molar-refractivity contribution in [3.8, 4) is 0 Å². The fourth-order valence-corrected chi connectivity index (χ4v) is 1.41. The van der Waals surface area contributed by atoms with E-state index in [4.69, 9.17) is 11.6 Å². The number of hydrogen-bond acceptors (Lipinski definition) is 2. The number of hydrogen-bond donors (Lipinski definition) is 1. The van der Waals surface area contributed by atoms with E-state index >= 15 is 0 Å². The van der Waals surface area contributed by atoms with Gasteiger partial charge in [0.15, 0.2) is 0 Å². The minimum absolute atomic E-state index is 0.130. The van der Waals surface area contributed by atoms with Gasteiger partial charge >= 0.3 is 0 Å². The molecule has 1 aromatic heterocycles. The zero-order valence-electron chi connectivity index (χ0n) is 7.96. The summed E-state index contributed by atoms with van der Waals surface area (Å²) in [5.74, 6) is 0.546. The highest BCUT2D eigenvalue weighted by Crippen LogP contribution is 2.27. The smallest absolute Gasteiger partial charge is 0.256 e. The molecule has 76 valence electrons. The second kappa shape index (κ2) is 3.61. The van der Waals surface area contributed by atoms with Gasteiger partial charge in [0.25, 0.3) is 5.91 Å². The van der Waals surface area contributed by atoms with E-state index in [1.807, 2.05) is 0 Å². The topological polar surface area (TPSA) is 46.9 Å². The van der Waals surface area contributed by atoms with E-state index in [1.54, 1.807) is 7.05 Å². The van der Waals surface area contributed by atoms with Crippen LogP contribution >= 0.6 is 11.6 Å². The molecule has 0 unspecified atom stereocenters. The number of aromatic nitrogens is 2. The number of rotatable bonds is 3. The second-order valence-corrected chi connectivity index (χ2v) is 3.98. The van der Waals surface area contributed by atoms with E-state index in [0.717, 1.165) is 6.54 Å². The molecule has 2 rings (SSSR count). The number of nitrogens with zero attached hydrogens (tertiary/aromatic N) is 2. The number of nitrogens with one attached hydrogen (secondary N) is 1. The van der Waals surface area contributed by atoms with Crippen LogP contribution in [0, 0.1) is 5.92 Å². The SMILES string of the molecule is Cn1ncc(C(=O)NCC2CC2)c1Cl. The van der Waals surface area contributed by atoms with Crippen molar-refractivity contribution in [3.63, 3.8) is 0 Å². The molecule has 1 N–H and O–H groups in total. The molecule has 1 aromatic rings. The third kappa shape index (κ3) is 1.90. The van der Waals surface area contributed by atoms with Crippen molar-refractivity contribution >= 4 is 17.5 Å². The Kier molecular flexibility index (Phi) is 2.46. The van der Waals surface area contributed by atoms with E-state index in [2.05, 4.69) is 10.4 Å². The zero-order valence-corrected chi connectivity index (χ0v) is 8.71. The molecule has 1 aliphatic carbocycles. The second-order valence-electron chi connectivity index (χ2n) is 3.63. The van der Waals surface area contributed by atoms with Gasteiger partial charge in [0.1, 0.15) is 5.15 Å². The van der Waals surface area contributed by atoms with Crippen molar-refractivity contribution in [2.45, 2.75) is 12.8 Å². The molecule has 1 saturated carbocycles. The van der Waals surface area contributed by atoms with Gasteiger partial charge in [0.05, 0.1) is 11.8 Å². The number of carbonyl (C=O) groups is 1. The minimum Gasteiger partial charge on any atom is -0.352 e. The summed E-state index contributed by atoms with van der Waals surface area (Å²) in [5, 5.41) is 7.13. The van der Waals surface area contributed by atoms with Gasteiger partial charge in [-0.1, -0.05) is 11.6 Å². The first kappa shape index (κ1) is 9.52. The van der Waals surface area contributed by atoms with E-state index in [9.17, 15) is 4.79 Å². The van der Waals surface area contributed by atoms with Gasteiger partial charge in [-0.05, 0) is 18.8 Å². The summed E-state index contributed by atoms with van der Waals surface area (Å²) in [6.45, 7) is 0.754. The average Bonchev–Trinajstić information content (AvgIpc) is 2.92. The lowest BCUT2D eigenvalue weighted by Crippen LogP contribution is -2.25. The maximum atomic E-state index is 11.6. The molecule has 0 aromatic carbocycles. The van der Waals surface area contributed by atoms with Crippen molar-refractivity contribution in [2.75, 3.05) is 6.54 Å². The highest BCUT2D eigenvalue weighted by molar-refractivity contribution is 6.32. The van der Waals surface area contributed by atoms with Crippen molar-refractivity contribution in [1.82, 2.24) is 15.1 Å². The molecule has 0 radical (unpaired) electrons. The van der Waals surface area contributed by atoms with Crippen molar-refractivity contribution in [3.05, 3.63) is 16.9 Å². The highest BCUT2D eigenvalue weighted by atomic mass is 35.5. The third-order valence-corrected chi connectivity index (χ3v) is 2.81. The fraction of sp³-hybridized carbons (Fsp3) is 0.556. The van der Waals surface area contributed by atoms with Gasteiger partial charge in [-0.3, -0.25) is 9.48 Å². The molecular weight excluding hydrogens is 202 g/mol. The van der Waals surface area contributed by atoms with Crippen LogP contribution in [0.15, 0.2) is 6.20 Å². The standard InChI is InChI=1S/C9H12ClN3O/c1-13-8(10)7(5-12-13)9(14)11-4-6-2-3-6/h5-6H,2-4H2,1H3,(H,11,14). The number of carbonyl (C=O) groups excluding carboxylic acids is 1. The summed E-state index contributed by atoms with van der Waals surface area (Å²) in [4.78, 5) is 11.6. The molecule has 5 heteroatoms. The summed E-state index contributed by atoms with van der Waals surface area (Å²) in [7, 11) is 1.71. The summed E-state index contributed by atoms with van der Waals surface area (Å²) < 4.78 is 1.48. The van der Waals surface area contributed by atoms with E-state index in [-0.39, 0.29) is 5.91 Å². The number of amides is 1. The summed E-state index contributed by atoms with van der Waals surface area (Å²) >= 11 is 5.87. The predicted octanol–water partition coefficient (Wildman–Crippen LogP) is 1.21. The van der Waals surface area contributed by atoms with E-state index in [0.29, 0.717) is 16.6 Å². The zero-order chi connectivity index (χ0) is 10.1. The van der Waals surface area contributed by atoms with Crippen LogP contribution < -0.4 is 5.32 Å². The van der Waals surface area contributed by atoms with Crippen LogP contribution in [-0.2, 0) is 7.05 Å². The van der Waals surface area contributed by atoms with Crippen LogP contribution in [0.2, 0.25) is 5.15 Å². The summed E-state index contributed by atoms with van der Waals surface area (Å²) in [6, 6.07) is 0. The largest absolute Gasteiger partial charge is 0.352 e. The molecular formula is C9H12ClN3O. The molecule has 0 atom stereocenters. The summed E-state index contributed by atoms with van der Waals surface area (Å²) in [5.41, 5.74) is 0.454. The maximum absolute atomic E-state index is 11.6. The van der Waals surface area contributed by atoms with Crippen molar-refractivity contribution < 1.29 is 4.79 Å². The quantitative estimate of drug-likeness (QED) is 0.821. The molecule has 14 heavy (non-hydrogen) atoms. The lowest BCUT2D eigenvalue weighted by atomic mass is 10.3. The Balaban J connectivity index is 1.98. The van der Waals surface area contributed by atoms with Crippen LogP contribution in [0.1, 0.15) is 23.2 Å². The van der Waals surface area contributed by atoms with Gasteiger partial charge in [0.2, 0.25) is 0 Å². The van der Waals surface area contributed by atoms with Crippen molar-refractivity contribution in [1.29, 1.82) is 0 Å². The van der Waals surface area contributed by atoms with Gasteiger partial charge in [-0.25, -0.2) is 0 Å². The van der Waals surface area contributed by atoms with Gasteiger partial charge in [-0.15, -0.1) is 0 Å². The number of aryl methyl sites for hydroxylation is 1. The van der Waals surface area contributed by atoms with Crippen molar-refractivity contribution in [2.24, 2.45) is 13.0 Å². The normalized spacial score (nSPS) is 15.6. The molecule has 1 aliphatic rings. The lowest BCUT2D eigenvalue weighted by molar-refractivity contribution is 0.0952. The van der Waals surface area contributed by atoms with Gasteiger partial charge < -0.3 is 5.32 Å². The Morgan fingerprint density at radius 2 is 2.50 bits per heavy atom. The Morgan fingerprint density at radius 3 is 3.00 bits per heavy atom. The first-order valence-corrected chi connectivity index (χ1v) is 5.02. The molecule has 4 nitrogen and oxygen atoms in total. The van der Waals surface area contributed by atoms with E-state index < -0.39 is 0 Å². The highest BCUT2D eigenvalue weighted by Gasteiger charge is 2.23. The maximum Gasteiger partial charge on any atom is 0.256 e. The number of halogens is 1. The molecule has 1 heterocycles. The third-order valence-electron chi connectivity index (χ3n) is 2.36. The first-order valence-electron chi connectivity index (χ1n) is 4.64. The van der Waals surface area contributed by atoms with E-state index in [1.165, 1.54) is 23.7 Å². The molecule has 1 amide bonds. The first-order chi connectivity index (χ1) is 6.68. The lowest BCUT2D eigenvalue weighted by Gasteiger charge is -2.01. The molecule has 1 fully saturated rings. The Labute approximate surface area is 87.2 Å². The monoisotopic (exact) mass is 213 g/mol. The predicted molar refractivity (Wildman–Crippen MR) is 53.3 cm³/mol. The van der Waals surface area contributed by atoms with Crippen LogP contribution in [0.5, 0.6) is 0 Å². The van der Waals surface area contributed by atoms with Crippen LogP contribution in [0.25, 0.3) is 0 Å². The summed E-state index contributed by atoms with van der Waals surface area (Å²) in [6.07, 6.45) is 3.94. The molecule has 0 bridgehead atoms. The average molecular weight is 214 g/mol. The van der Waals surface area contributed by atoms with Gasteiger partial charge in [0, 0.05) is 13.6 Å². The van der Waals surface area contributed by atoms with Crippen LogP contribution in [0.4, 0.5) is 0 Å². The van der Waals surface area contributed by atoms with Gasteiger partial charge in [-0.2, -0.15) is 5.10 Å².